The number of hydrogen-bond donors (Lipinski definition) is 2. The van der Waals surface area contributed by atoms with Crippen molar-refractivity contribution in [1.29, 1.82) is 0 Å². The van der Waals surface area contributed by atoms with Gasteiger partial charge in [-0.05, 0) is 12.1 Å². The van der Waals surface area contributed by atoms with E-state index in [4.69, 9.17) is 5.11 Å². The third-order valence-electron chi connectivity index (χ3n) is 1.94. The van der Waals surface area contributed by atoms with Crippen molar-refractivity contribution < 1.29 is 32.3 Å². The number of carboxylic acids is 1. The summed E-state index contributed by atoms with van der Waals surface area (Å²) in [6.07, 6.45) is -4.84. The van der Waals surface area contributed by atoms with Gasteiger partial charge in [-0.1, -0.05) is 0 Å². The fourth-order valence-corrected chi connectivity index (χ4v) is 1.22. The number of carbonyl (C=O) groups excluding carboxylic acids is 1. The Labute approximate surface area is 98.2 Å². The number of alkyl halides is 3. The van der Waals surface area contributed by atoms with Crippen molar-refractivity contribution in [1.82, 2.24) is 0 Å². The van der Waals surface area contributed by atoms with Crippen LogP contribution in [0.4, 0.5) is 23.2 Å². The van der Waals surface area contributed by atoms with Crippen LogP contribution in [0.2, 0.25) is 0 Å². The normalized spacial score (nSPS) is 11.2. The molecular formula is C10H7F4NO3. The average Bonchev–Trinajstić information content (AvgIpc) is 2.18. The summed E-state index contributed by atoms with van der Waals surface area (Å²) in [4.78, 5) is 21.3. The predicted molar refractivity (Wildman–Crippen MR) is 52.7 cm³/mol. The summed E-state index contributed by atoms with van der Waals surface area (Å²) in [5.41, 5.74) is -3.34. The number of rotatable bonds is 2. The Morgan fingerprint density at radius 1 is 1.28 bits per heavy atom. The van der Waals surface area contributed by atoms with Gasteiger partial charge in [0.1, 0.15) is 0 Å². The van der Waals surface area contributed by atoms with Crippen molar-refractivity contribution in [2.75, 3.05) is 5.32 Å². The molecule has 0 saturated heterocycles. The van der Waals surface area contributed by atoms with E-state index >= 15 is 0 Å². The fourth-order valence-electron chi connectivity index (χ4n) is 1.22. The zero-order valence-corrected chi connectivity index (χ0v) is 8.93. The Kier molecular flexibility index (Phi) is 3.59. The second-order valence-corrected chi connectivity index (χ2v) is 3.37. The number of halogens is 4. The molecule has 0 radical (unpaired) electrons. The van der Waals surface area contributed by atoms with Gasteiger partial charge in [-0.15, -0.1) is 0 Å². The predicted octanol–water partition coefficient (Wildman–Crippen LogP) is 2.50. The van der Waals surface area contributed by atoms with Crippen molar-refractivity contribution in [3.05, 3.63) is 29.1 Å². The minimum Gasteiger partial charge on any atom is -0.478 e. The molecule has 0 unspecified atom stereocenters. The second kappa shape index (κ2) is 4.63. The van der Waals surface area contributed by atoms with Gasteiger partial charge in [-0.3, -0.25) is 4.79 Å². The van der Waals surface area contributed by atoms with E-state index in [9.17, 15) is 27.2 Å². The SMILES string of the molecule is CC(=O)Nc1cc(C(F)(F)F)cc(C(=O)O)c1F. The molecule has 1 aromatic rings. The van der Waals surface area contributed by atoms with Crippen LogP contribution in [-0.2, 0) is 11.0 Å². The molecule has 18 heavy (non-hydrogen) atoms. The lowest BCUT2D eigenvalue weighted by Gasteiger charge is -2.12. The van der Waals surface area contributed by atoms with Crippen LogP contribution >= 0.6 is 0 Å². The quantitative estimate of drug-likeness (QED) is 0.807. The molecule has 8 heteroatoms. The van der Waals surface area contributed by atoms with Gasteiger partial charge in [-0.2, -0.15) is 13.2 Å². The van der Waals surface area contributed by atoms with Gasteiger partial charge in [0.2, 0.25) is 5.91 Å². The van der Waals surface area contributed by atoms with Crippen molar-refractivity contribution in [3.8, 4) is 0 Å². The molecule has 0 heterocycles. The van der Waals surface area contributed by atoms with Crippen molar-refractivity contribution >= 4 is 17.6 Å². The van der Waals surface area contributed by atoms with E-state index in [1.807, 2.05) is 0 Å². The maximum atomic E-state index is 13.5. The number of hydrogen-bond acceptors (Lipinski definition) is 2. The molecule has 0 spiro atoms. The largest absolute Gasteiger partial charge is 0.478 e. The zero-order chi connectivity index (χ0) is 14.1. The van der Waals surface area contributed by atoms with Gasteiger partial charge in [0, 0.05) is 6.92 Å². The number of carbonyl (C=O) groups is 2. The summed E-state index contributed by atoms with van der Waals surface area (Å²) < 4.78 is 50.8. The summed E-state index contributed by atoms with van der Waals surface area (Å²) in [6, 6.07) is 0.506. The maximum Gasteiger partial charge on any atom is 0.416 e. The number of benzene rings is 1. The maximum absolute atomic E-state index is 13.5. The third-order valence-corrected chi connectivity index (χ3v) is 1.94. The van der Waals surface area contributed by atoms with E-state index in [0.717, 1.165) is 6.92 Å². The molecule has 0 aliphatic heterocycles. The van der Waals surface area contributed by atoms with E-state index in [1.165, 1.54) is 0 Å². The van der Waals surface area contributed by atoms with Crippen LogP contribution in [0.25, 0.3) is 0 Å². The molecule has 1 amide bonds. The number of nitrogens with one attached hydrogen (secondary N) is 1. The van der Waals surface area contributed by atoms with E-state index < -0.39 is 40.7 Å². The first-order valence-corrected chi connectivity index (χ1v) is 4.54. The highest BCUT2D eigenvalue weighted by Crippen LogP contribution is 2.33. The summed E-state index contributed by atoms with van der Waals surface area (Å²) in [6.45, 7) is 0.958. The molecule has 4 nitrogen and oxygen atoms in total. The molecule has 0 fully saturated rings. The molecule has 0 atom stereocenters. The number of amides is 1. The molecule has 0 bridgehead atoms. The Morgan fingerprint density at radius 2 is 1.83 bits per heavy atom. The van der Waals surface area contributed by atoms with Crippen LogP contribution in [0, 0.1) is 5.82 Å². The van der Waals surface area contributed by atoms with E-state index in [2.05, 4.69) is 0 Å². The zero-order valence-electron chi connectivity index (χ0n) is 8.93. The van der Waals surface area contributed by atoms with Gasteiger partial charge in [-0.25, -0.2) is 9.18 Å². The molecule has 98 valence electrons. The standard InChI is InChI=1S/C10H7F4NO3/c1-4(16)15-7-3-5(10(12,13)14)2-6(8(7)11)9(17)18/h2-3H,1H3,(H,15,16)(H,17,18). The van der Waals surface area contributed by atoms with E-state index in [1.54, 1.807) is 5.32 Å². The van der Waals surface area contributed by atoms with Crippen LogP contribution in [0.5, 0.6) is 0 Å². The first-order valence-electron chi connectivity index (χ1n) is 4.54. The summed E-state index contributed by atoms with van der Waals surface area (Å²) in [5.74, 6) is -4.10. The lowest BCUT2D eigenvalue weighted by molar-refractivity contribution is -0.137. The van der Waals surface area contributed by atoms with Crippen molar-refractivity contribution in [2.24, 2.45) is 0 Å². The third kappa shape index (κ3) is 2.96. The monoisotopic (exact) mass is 265 g/mol. The highest BCUT2D eigenvalue weighted by Gasteiger charge is 2.33. The minimum absolute atomic E-state index is 0.170. The van der Waals surface area contributed by atoms with Crippen LogP contribution in [-0.4, -0.2) is 17.0 Å². The lowest BCUT2D eigenvalue weighted by Crippen LogP contribution is -2.14. The topological polar surface area (TPSA) is 66.4 Å². The van der Waals surface area contributed by atoms with Gasteiger partial charge >= 0.3 is 12.1 Å². The van der Waals surface area contributed by atoms with Crippen molar-refractivity contribution in [3.63, 3.8) is 0 Å². The lowest BCUT2D eigenvalue weighted by atomic mass is 10.1. The van der Waals surface area contributed by atoms with Gasteiger partial charge < -0.3 is 10.4 Å². The van der Waals surface area contributed by atoms with E-state index in [0.29, 0.717) is 6.07 Å². The molecule has 0 aliphatic rings. The molecular weight excluding hydrogens is 258 g/mol. The van der Waals surface area contributed by atoms with Crippen LogP contribution in [0.3, 0.4) is 0 Å². The van der Waals surface area contributed by atoms with Crippen LogP contribution in [0.1, 0.15) is 22.8 Å². The van der Waals surface area contributed by atoms with E-state index in [-0.39, 0.29) is 6.07 Å². The number of aromatic carboxylic acids is 1. The first kappa shape index (κ1) is 13.9. The van der Waals surface area contributed by atoms with Crippen molar-refractivity contribution in [2.45, 2.75) is 13.1 Å². The Balaban J connectivity index is 3.46. The Hall–Kier alpha value is -2.12. The smallest absolute Gasteiger partial charge is 0.416 e. The molecule has 0 saturated carbocycles. The first-order chi connectivity index (χ1) is 8.12. The van der Waals surface area contributed by atoms with Crippen LogP contribution < -0.4 is 5.32 Å². The highest BCUT2D eigenvalue weighted by molar-refractivity contribution is 5.93. The van der Waals surface area contributed by atoms with Gasteiger partial charge in [0.05, 0.1) is 16.8 Å². The molecule has 1 rings (SSSR count). The Bertz CT molecular complexity index is 511. The highest BCUT2D eigenvalue weighted by atomic mass is 19.4. The molecule has 0 aliphatic carbocycles. The van der Waals surface area contributed by atoms with Gasteiger partial charge in [0.25, 0.3) is 0 Å². The number of anilines is 1. The summed E-state index contributed by atoms with van der Waals surface area (Å²) in [5, 5.41) is 10.4. The molecule has 2 N–H and O–H groups in total. The fraction of sp³-hybridized carbons (Fsp3) is 0.200. The minimum atomic E-state index is -4.84. The average molecular weight is 265 g/mol. The summed E-state index contributed by atoms with van der Waals surface area (Å²) >= 11 is 0. The summed E-state index contributed by atoms with van der Waals surface area (Å²) in [7, 11) is 0. The molecule has 1 aromatic carbocycles. The molecule has 0 aromatic heterocycles. The number of carboxylic acid groups (broad SMARTS) is 1. The van der Waals surface area contributed by atoms with Crippen LogP contribution in [0.15, 0.2) is 12.1 Å². The van der Waals surface area contributed by atoms with Gasteiger partial charge in [0.15, 0.2) is 5.82 Å². The second-order valence-electron chi connectivity index (χ2n) is 3.37. The Morgan fingerprint density at radius 3 is 2.22 bits per heavy atom.